The molecule has 4 rings (SSSR count). The van der Waals surface area contributed by atoms with Gasteiger partial charge in [-0.2, -0.15) is 0 Å². The first-order valence-corrected chi connectivity index (χ1v) is 11.7. The average Bonchev–Trinajstić information content (AvgIpc) is 3.19. The molecule has 1 saturated heterocycles. The number of benzene rings is 2. The summed E-state index contributed by atoms with van der Waals surface area (Å²) in [4.78, 5) is 22.1. The Morgan fingerprint density at radius 1 is 1.26 bits per heavy atom. The van der Waals surface area contributed by atoms with Crippen molar-refractivity contribution in [3.05, 3.63) is 64.7 Å². The van der Waals surface area contributed by atoms with Crippen LogP contribution in [0.3, 0.4) is 0 Å². The van der Waals surface area contributed by atoms with Crippen molar-refractivity contribution >= 4 is 50.3 Å². The van der Waals surface area contributed by atoms with Crippen LogP contribution in [0.15, 0.2) is 48.5 Å². The Morgan fingerprint density at radius 2 is 2.06 bits per heavy atom. The molecule has 5 nitrogen and oxygen atoms in total. The number of thiazole rings is 1. The van der Waals surface area contributed by atoms with Gasteiger partial charge in [0.05, 0.1) is 23.4 Å². The average molecular weight is 456 g/mol. The van der Waals surface area contributed by atoms with E-state index in [-0.39, 0.29) is 5.91 Å². The van der Waals surface area contributed by atoms with Crippen LogP contribution < -0.4 is 4.90 Å². The summed E-state index contributed by atoms with van der Waals surface area (Å²) < 4.78 is 6.52. The van der Waals surface area contributed by atoms with Crippen molar-refractivity contribution < 1.29 is 9.53 Å². The number of morpholine rings is 1. The molecule has 0 saturated carbocycles. The van der Waals surface area contributed by atoms with E-state index in [1.807, 2.05) is 36.4 Å². The summed E-state index contributed by atoms with van der Waals surface area (Å²) in [6, 6.07) is 13.7. The molecule has 0 aliphatic carbocycles. The van der Waals surface area contributed by atoms with E-state index < -0.39 is 0 Å². The summed E-state index contributed by atoms with van der Waals surface area (Å²) >= 11 is 7.80. The molecule has 0 spiro atoms. The number of ether oxygens (including phenoxy) is 1. The van der Waals surface area contributed by atoms with Crippen LogP contribution in [0.1, 0.15) is 17.5 Å². The Labute approximate surface area is 191 Å². The summed E-state index contributed by atoms with van der Waals surface area (Å²) in [5, 5.41) is 1.36. The van der Waals surface area contributed by atoms with Crippen LogP contribution in [0.2, 0.25) is 5.02 Å². The van der Waals surface area contributed by atoms with Crippen LogP contribution in [-0.4, -0.2) is 55.2 Å². The Morgan fingerprint density at radius 3 is 2.87 bits per heavy atom. The van der Waals surface area contributed by atoms with Gasteiger partial charge in [0, 0.05) is 37.3 Å². The third-order valence-electron chi connectivity index (χ3n) is 5.30. The molecule has 31 heavy (non-hydrogen) atoms. The second-order valence-electron chi connectivity index (χ2n) is 7.62. The van der Waals surface area contributed by atoms with Gasteiger partial charge in [0.25, 0.3) is 5.91 Å². The van der Waals surface area contributed by atoms with Gasteiger partial charge < -0.3 is 4.74 Å². The lowest BCUT2D eigenvalue weighted by Gasteiger charge is -2.27. The summed E-state index contributed by atoms with van der Waals surface area (Å²) in [5.74, 6) is -0.0855. The van der Waals surface area contributed by atoms with Crippen LogP contribution in [0, 0.1) is 6.92 Å². The van der Waals surface area contributed by atoms with Gasteiger partial charge in [-0.05, 0) is 48.7 Å². The lowest BCUT2D eigenvalue weighted by Crippen LogP contribution is -2.39. The molecule has 0 unspecified atom stereocenters. The Balaban J connectivity index is 1.53. The molecule has 1 aromatic heterocycles. The molecular weight excluding hydrogens is 430 g/mol. The Kier molecular flexibility index (Phi) is 7.35. The number of nitrogens with zero attached hydrogens (tertiary/aromatic N) is 3. The standard InChI is InChI=1S/C24H26ClN3O2S/c1-18-7-9-21-22(17-18)31-24(26-21)28(12-4-11-27-13-15-30-16-14-27)23(29)10-8-19-5-2-3-6-20(19)25/h2-3,5-10,17H,4,11-16H2,1H3/b10-8+. The maximum absolute atomic E-state index is 13.2. The van der Waals surface area contributed by atoms with E-state index in [0.29, 0.717) is 11.6 Å². The minimum absolute atomic E-state index is 0.0855. The number of rotatable bonds is 7. The molecule has 1 amide bonds. The Hall–Kier alpha value is -2.25. The number of hydrogen-bond donors (Lipinski definition) is 0. The van der Waals surface area contributed by atoms with Crippen LogP contribution >= 0.6 is 22.9 Å². The fourth-order valence-electron chi connectivity index (χ4n) is 3.57. The SMILES string of the molecule is Cc1ccc2nc(N(CCCN3CCOCC3)C(=O)/C=C/c3ccccc3Cl)sc2c1. The zero-order valence-electron chi connectivity index (χ0n) is 17.6. The van der Waals surface area contributed by atoms with Crippen molar-refractivity contribution in [3.63, 3.8) is 0 Å². The lowest BCUT2D eigenvalue weighted by molar-refractivity contribution is -0.114. The van der Waals surface area contributed by atoms with Crippen LogP contribution in [0.25, 0.3) is 16.3 Å². The number of fused-ring (bicyclic) bond motifs is 1. The highest BCUT2D eigenvalue weighted by molar-refractivity contribution is 7.22. The van der Waals surface area contributed by atoms with Crippen molar-refractivity contribution in [1.29, 1.82) is 0 Å². The third kappa shape index (κ3) is 5.71. The summed E-state index contributed by atoms with van der Waals surface area (Å²) in [5.41, 5.74) is 2.93. The molecule has 3 aromatic rings. The van der Waals surface area contributed by atoms with E-state index >= 15 is 0 Å². The van der Waals surface area contributed by atoms with E-state index in [2.05, 4.69) is 17.9 Å². The topological polar surface area (TPSA) is 45.7 Å². The van der Waals surface area contributed by atoms with Gasteiger partial charge in [-0.15, -0.1) is 0 Å². The maximum Gasteiger partial charge on any atom is 0.252 e. The number of aryl methyl sites for hydroxylation is 1. The minimum atomic E-state index is -0.0855. The zero-order chi connectivity index (χ0) is 21.6. The molecular formula is C24H26ClN3O2S. The molecule has 1 fully saturated rings. The number of hydrogen-bond acceptors (Lipinski definition) is 5. The van der Waals surface area contributed by atoms with Gasteiger partial charge in [0.2, 0.25) is 0 Å². The predicted molar refractivity (Wildman–Crippen MR) is 129 cm³/mol. The smallest absolute Gasteiger partial charge is 0.252 e. The van der Waals surface area contributed by atoms with Crippen LogP contribution in [0.5, 0.6) is 0 Å². The zero-order valence-corrected chi connectivity index (χ0v) is 19.2. The fourth-order valence-corrected chi connectivity index (χ4v) is 4.87. The van der Waals surface area contributed by atoms with E-state index in [0.717, 1.165) is 60.2 Å². The van der Waals surface area contributed by atoms with E-state index in [9.17, 15) is 4.79 Å². The quantitative estimate of drug-likeness (QED) is 0.469. The summed E-state index contributed by atoms with van der Waals surface area (Å²) in [6.45, 7) is 7.06. The van der Waals surface area contributed by atoms with Gasteiger partial charge in [-0.25, -0.2) is 4.98 Å². The van der Waals surface area contributed by atoms with Crippen molar-refractivity contribution in [2.75, 3.05) is 44.3 Å². The van der Waals surface area contributed by atoms with Crippen molar-refractivity contribution in [2.24, 2.45) is 0 Å². The van der Waals surface area contributed by atoms with Crippen molar-refractivity contribution in [1.82, 2.24) is 9.88 Å². The molecule has 0 radical (unpaired) electrons. The van der Waals surface area contributed by atoms with E-state index in [1.165, 1.54) is 5.56 Å². The molecule has 2 aromatic carbocycles. The number of aromatic nitrogens is 1. The van der Waals surface area contributed by atoms with Crippen molar-refractivity contribution in [2.45, 2.75) is 13.3 Å². The highest BCUT2D eigenvalue weighted by Crippen LogP contribution is 2.30. The molecule has 1 aliphatic rings. The summed E-state index contributed by atoms with van der Waals surface area (Å²) in [7, 11) is 0. The molecule has 162 valence electrons. The van der Waals surface area contributed by atoms with Gasteiger partial charge in [0.15, 0.2) is 5.13 Å². The van der Waals surface area contributed by atoms with Crippen LogP contribution in [0.4, 0.5) is 5.13 Å². The fraction of sp³-hybridized carbons (Fsp3) is 0.333. The molecule has 0 bridgehead atoms. The lowest BCUT2D eigenvalue weighted by atomic mass is 10.2. The monoisotopic (exact) mass is 455 g/mol. The number of halogens is 1. The molecule has 7 heteroatoms. The largest absolute Gasteiger partial charge is 0.379 e. The normalized spacial score (nSPS) is 15.0. The van der Waals surface area contributed by atoms with Gasteiger partial charge >= 0.3 is 0 Å². The highest BCUT2D eigenvalue weighted by Gasteiger charge is 2.19. The van der Waals surface area contributed by atoms with Gasteiger partial charge in [0.1, 0.15) is 0 Å². The third-order valence-corrected chi connectivity index (χ3v) is 6.69. The van der Waals surface area contributed by atoms with Crippen LogP contribution in [-0.2, 0) is 9.53 Å². The first kappa shape index (κ1) is 22.0. The van der Waals surface area contributed by atoms with Gasteiger partial charge in [-0.3, -0.25) is 14.6 Å². The van der Waals surface area contributed by atoms with E-state index in [1.54, 1.807) is 28.4 Å². The second kappa shape index (κ2) is 10.4. The molecule has 2 heterocycles. The molecule has 1 aliphatic heterocycles. The Bertz CT molecular complexity index is 1080. The number of carbonyl (C=O) groups is 1. The van der Waals surface area contributed by atoms with Crippen molar-refractivity contribution in [3.8, 4) is 0 Å². The molecule has 0 N–H and O–H groups in total. The molecule has 0 atom stereocenters. The van der Waals surface area contributed by atoms with E-state index in [4.69, 9.17) is 21.3 Å². The first-order valence-electron chi connectivity index (χ1n) is 10.5. The number of carbonyl (C=O) groups excluding carboxylic acids is 1. The number of anilines is 1. The first-order chi connectivity index (χ1) is 15.1. The summed E-state index contributed by atoms with van der Waals surface area (Å²) in [6.07, 6.45) is 4.24. The predicted octanol–water partition coefficient (Wildman–Crippen LogP) is 5.03. The highest BCUT2D eigenvalue weighted by atomic mass is 35.5. The maximum atomic E-state index is 13.2. The minimum Gasteiger partial charge on any atom is -0.379 e. The number of amides is 1. The second-order valence-corrected chi connectivity index (χ2v) is 9.04. The van der Waals surface area contributed by atoms with Gasteiger partial charge in [-0.1, -0.05) is 47.2 Å².